The maximum absolute atomic E-state index is 12.4. The number of carbonyl (C=O) groups is 2. The molecule has 0 radical (unpaired) electrons. The van der Waals surface area contributed by atoms with Crippen molar-refractivity contribution < 1.29 is 14.0 Å². The maximum Gasteiger partial charge on any atom is 0.319 e. The number of para-hydroxylation sites is 1. The molecule has 7 nitrogen and oxygen atoms in total. The Hall–Kier alpha value is -2.80. The van der Waals surface area contributed by atoms with Gasteiger partial charge in [0.2, 0.25) is 5.91 Å². The van der Waals surface area contributed by atoms with Gasteiger partial charge in [-0.1, -0.05) is 24.6 Å². The van der Waals surface area contributed by atoms with E-state index in [1.165, 1.54) is 0 Å². The van der Waals surface area contributed by atoms with Gasteiger partial charge >= 0.3 is 6.03 Å². The molecule has 3 N–H and O–H groups in total. The smallest absolute Gasteiger partial charge is 0.319 e. The van der Waals surface area contributed by atoms with Crippen molar-refractivity contribution in [2.75, 3.05) is 25.0 Å². The molecule has 2 atom stereocenters. The Kier molecular flexibility index (Phi) is 7.08. The highest BCUT2D eigenvalue weighted by Crippen LogP contribution is 2.17. The lowest BCUT2D eigenvalue weighted by atomic mass is 10.0. The summed E-state index contributed by atoms with van der Waals surface area (Å²) >= 11 is 0. The molecule has 0 unspecified atom stereocenters. The van der Waals surface area contributed by atoms with Crippen molar-refractivity contribution in [3.8, 4) is 0 Å². The van der Waals surface area contributed by atoms with E-state index in [4.69, 9.17) is 4.42 Å². The number of piperidine rings is 1. The van der Waals surface area contributed by atoms with E-state index in [-0.39, 0.29) is 24.0 Å². The van der Waals surface area contributed by atoms with Gasteiger partial charge in [0, 0.05) is 18.3 Å². The summed E-state index contributed by atoms with van der Waals surface area (Å²) in [7, 11) is 0. The monoisotopic (exact) mass is 384 g/mol. The van der Waals surface area contributed by atoms with Crippen LogP contribution in [-0.2, 0) is 4.79 Å². The van der Waals surface area contributed by atoms with Crippen molar-refractivity contribution in [2.45, 2.75) is 38.3 Å². The number of urea groups is 1. The SMILES string of the molecule is C[C@H](NC(=O)CN1CCCC[C@H]1CNC(=O)Nc1ccccc1)c1ccco1. The molecule has 3 amide bonds. The molecule has 7 heteroatoms. The van der Waals surface area contributed by atoms with Crippen LogP contribution in [0.25, 0.3) is 0 Å². The van der Waals surface area contributed by atoms with Gasteiger partial charge < -0.3 is 20.4 Å². The van der Waals surface area contributed by atoms with Crippen molar-refractivity contribution in [1.29, 1.82) is 0 Å². The number of rotatable bonds is 7. The molecule has 1 aromatic carbocycles. The van der Waals surface area contributed by atoms with Crippen molar-refractivity contribution in [1.82, 2.24) is 15.5 Å². The number of benzene rings is 1. The van der Waals surface area contributed by atoms with Gasteiger partial charge in [-0.05, 0) is 50.6 Å². The van der Waals surface area contributed by atoms with E-state index in [9.17, 15) is 9.59 Å². The lowest BCUT2D eigenvalue weighted by molar-refractivity contribution is -0.123. The van der Waals surface area contributed by atoms with Gasteiger partial charge in [-0.2, -0.15) is 0 Å². The molecule has 3 rings (SSSR count). The van der Waals surface area contributed by atoms with E-state index in [0.717, 1.165) is 37.3 Å². The molecule has 0 saturated carbocycles. The zero-order valence-corrected chi connectivity index (χ0v) is 16.2. The Morgan fingerprint density at radius 2 is 2.00 bits per heavy atom. The van der Waals surface area contributed by atoms with Gasteiger partial charge in [0.15, 0.2) is 0 Å². The summed E-state index contributed by atoms with van der Waals surface area (Å²) in [6, 6.07) is 12.8. The quantitative estimate of drug-likeness (QED) is 0.684. The van der Waals surface area contributed by atoms with Crippen molar-refractivity contribution in [2.24, 2.45) is 0 Å². The van der Waals surface area contributed by atoms with E-state index in [1.54, 1.807) is 6.26 Å². The summed E-state index contributed by atoms with van der Waals surface area (Å²) in [6.45, 7) is 3.59. The van der Waals surface area contributed by atoms with Crippen LogP contribution in [0.2, 0.25) is 0 Å². The lowest BCUT2D eigenvalue weighted by Gasteiger charge is -2.35. The zero-order chi connectivity index (χ0) is 19.8. The van der Waals surface area contributed by atoms with Crippen LogP contribution in [0.5, 0.6) is 0 Å². The first kappa shape index (κ1) is 19.9. The fourth-order valence-corrected chi connectivity index (χ4v) is 3.49. The van der Waals surface area contributed by atoms with Crippen LogP contribution in [-0.4, -0.2) is 42.5 Å². The molecule has 0 bridgehead atoms. The average Bonchev–Trinajstić information content (AvgIpc) is 3.23. The summed E-state index contributed by atoms with van der Waals surface area (Å²) in [4.78, 5) is 26.7. The lowest BCUT2D eigenvalue weighted by Crippen LogP contribution is -2.50. The second kappa shape index (κ2) is 9.94. The fourth-order valence-electron chi connectivity index (χ4n) is 3.49. The highest BCUT2D eigenvalue weighted by molar-refractivity contribution is 5.89. The van der Waals surface area contributed by atoms with Crippen LogP contribution in [0.4, 0.5) is 10.5 Å². The number of anilines is 1. The molecular formula is C21H28N4O3. The van der Waals surface area contributed by atoms with Crippen molar-refractivity contribution in [3.05, 3.63) is 54.5 Å². The van der Waals surface area contributed by atoms with E-state index < -0.39 is 0 Å². The summed E-state index contributed by atoms with van der Waals surface area (Å²) in [5.41, 5.74) is 0.756. The van der Waals surface area contributed by atoms with Gasteiger partial charge in [-0.3, -0.25) is 9.69 Å². The number of likely N-dealkylation sites (tertiary alicyclic amines) is 1. The zero-order valence-electron chi connectivity index (χ0n) is 16.2. The molecule has 1 fully saturated rings. The second-order valence-corrected chi connectivity index (χ2v) is 7.13. The van der Waals surface area contributed by atoms with Crippen LogP contribution < -0.4 is 16.0 Å². The molecule has 150 valence electrons. The van der Waals surface area contributed by atoms with Crippen LogP contribution in [0.3, 0.4) is 0 Å². The second-order valence-electron chi connectivity index (χ2n) is 7.13. The van der Waals surface area contributed by atoms with Gasteiger partial charge in [0.05, 0.1) is 18.8 Å². The standard InChI is InChI=1S/C21H28N4O3/c1-16(19-11-7-13-28-19)23-20(26)15-25-12-6-5-10-18(25)14-22-21(27)24-17-8-3-2-4-9-17/h2-4,7-9,11,13,16,18H,5-6,10,12,14-15H2,1H3,(H,23,26)(H2,22,24,27)/t16-,18-/m0/s1. The average molecular weight is 384 g/mol. The summed E-state index contributed by atoms with van der Waals surface area (Å²) in [5, 5.41) is 8.72. The minimum atomic E-state index is -0.229. The van der Waals surface area contributed by atoms with Gasteiger partial charge in [0.1, 0.15) is 5.76 Å². The third-order valence-electron chi connectivity index (χ3n) is 4.97. The number of carbonyl (C=O) groups excluding carboxylic acids is 2. The van der Waals surface area contributed by atoms with Gasteiger partial charge in [-0.15, -0.1) is 0 Å². The summed E-state index contributed by atoms with van der Waals surface area (Å²) in [5.74, 6) is 0.701. The fraction of sp³-hybridized carbons (Fsp3) is 0.429. The molecule has 0 aliphatic carbocycles. The summed E-state index contributed by atoms with van der Waals surface area (Å²) < 4.78 is 5.34. The number of furan rings is 1. The summed E-state index contributed by atoms with van der Waals surface area (Å²) in [6.07, 6.45) is 4.73. The topological polar surface area (TPSA) is 86.6 Å². The minimum absolute atomic E-state index is 0.0375. The van der Waals surface area contributed by atoms with Crippen molar-refractivity contribution >= 4 is 17.6 Å². The first-order chi connectivity index (χ1) is 13.6. The Bertz CT molecular complexity index is 748. The minimum Gasteiger partial charge on any atom is -0.467 e. The largest absolute Gasteiger partial charge is 0.467 e. The highest BCUT2D eigenvalue weighted by Gasteiger charge is 2.25. The first-order valence-corrected chi connectivity index (χ1v) is 9.78. The van der Waals surface area contributed by atoms with E-state index in [1.807, 2.05) is 49.4 Å². The highest BCUT2D eigenvalue weighted by atomic mass is 16.3. The third-order valence-corrected chi connectivity index (χ3v) is 4.97. The Morgan fingerprint density at radius 1 is 1.18 bits per heavy atom. The Balaban J connectivity index is 1.46. The molecule has 1 aliphatic rings. The Morgan fingerprint density at radius 3 is 2.75 bits per heavy atom. The van der Waals surface area contributed by atoms with Gasteiger partial charge in [-0.25, -0.2) is 4.79 Å². The molecule has 1 aromatic heterocycles. The number of hydrogen-bond acceptors (Lipinski definition) is 4. The van der Waals surface area contributed by atoms with E-state index >= 15 is 0 Å². The maximum atomic E-state index is 12.4. The number of nitrogens with one attached hydrogen (secondary N) is 3. The van der Waals surface area contributed by atoms with E-state index in [2.05, 4.69) is 20.9 Å². The van der Waals surface area contributed by atoms with Crippen LogP contribution in [0.1, 0.15) is 38.0 Å². The van der Waals surface area contributed by atoms with Crippen LogP contribution >= 0.6 is 0 Å². The van der Waals surface area contributed by atoms with Crippen LogP contribution in [0, 0.1) is 0 Å². The van der Waals surface area contributed by atoms with Crippen molar-refractivity contribution in [3.63, 3.8) is 0 Å². The molecule has 1 saturated heterocycles. The van der Waals surface area contributed by atoms with Crippen LogP contribution in [0.15, 0.2) is 53.1 Å². The molecule has 2 aromatic rings. The normalized spacial score (nSPS) is 18.2. The predicted octanol–water partition coefficient (Wildman–Crippen LogP) is 3.13. The van der Waals surface area contributed by atoms with E-state index in [0.29, 0.717) is 13.1 Å². The molecule has 2 heterocycles. The molecule has 1 aliphatic heterocycles. The molecule has 0 spiro atoms. The molecule has 28 heavy (non-hydrogen) atoms. The Labute approximate surface area is 165 Å². The predicted molar refractivity (Wildman–Crippen MR) is 108 cm³/mol. The number of hydrogen-bond donors (Lipinski definition) is 3. The molecular weight excluding hydrogens is 356 g/mol. The van der Waals surface area contributed by atoms with Gasteiger partial charge in [0.25, 0.3) is 0 Å². The first-order valence-electron chi connectivity index (χ1n) is 9.78. The number of amides is 3. The third kappa shape index (κ3) is 5.85. The number of nitrogens with zero attached hydrogens (tertiary/aromatic N) is 1.